The summed E-state index contributed by atoms with van der Waals surface area (Å²) in [5.74, 6) is 0. The molecule has 0 bridgehead atoms. The van der Waals surface area contributed by atoms with Crippen molar-refractivity contribution in [2.75, 3.05) is 39.5 Å². The normalized spacial score (nSPS) is 10.1. The predicted octanol–water partition coefficient (Wildman–Crippen LogP) is 2.33. The van der Waals surface area contributed by atoms with Gasteiger partial charge in [-0.25, -0.2) is 9.59 Å². The van der Waals surface area contributed by atoms with Gasteiger partial charge in [-0.05, 0) is 38.5 Å². The molecule has 0 unspecified atom stereocenters. The fraction of sp³-hybridized carbons (Fsp3) is 0.842. The first kappa shape index (κ1) is 28.6. The molecule has 11 nitrogen and oxygen atoms in total. The molecule has 0 atom stereocenters. The van der Waals surface area contributed by atoms with E-state index in [-0.39, 0.29) is 6.61 Å². The van der Waals surface area contributed by atoms with Crippen LogP contribution in [0, 0.1) is 0 Å². The molecule has 0 aromatic rings. The zero-order valence-corrected chi connectivity index (χ0v) is 18.2. The van der Waals surface area contributed by atoms with Crippen LogP contribution in [0.25, 0.3) is 0 Å². The summed E-state index contributed by atoms with van der Waals surface area (Å²) in [6.45, 7) is 2.38. The van der Waals surface area contributed by atoms with Gasteiger partial charge in [-0.2, -0.15) is 0 Å². The Labute approximate surface area is 185 Å². The van der Waals surface area contributed by atoms with Crippen LogP contribution >= 0.6 is 0 Å². The third kappa shape index (κ3) is 22.1. The van der Waals surface area contributed by atoms with Gasteiger partial charge in [0.25, 0.3) is 0 Å². The molecule has 3 amide bonds. The van der Waals surface area contributed by atoms with Crippen molar-refractivity contribution < 1.29 is 33.8 Å². The van der Waals surface area contributed by atoms with Crippen LogP contribution in [-0.2, 0) is 14.3 Å². The van der Waals surface area contributed by atoms with E-state index in [2.05, 4.69) is 25.8 Å². The summed E-state index contributed by atoms with van der Waals surface area (Å²) in [4.78, 5) is 38.0. The summed E-state index contributed by atoms with van der Waals surface area (Å²) in [5.41, 5.74) is 0. The topological polar surface area (TPSA) is 148 Å². The maximum atomic E-state index is 11.6. The van der Waals surface area contributed by atoms with Crippen LogP contribution < -0.4 is 16.0 Å². The van der Waals surface area contributed by atoms with E-state index >= 15 is 0 Å². The second-order valence-corrected chi connectivity index (χ2v) is 6.80. The second kappa shape index (κ2) is 22.3. The molecule has 0 aliphatic carbocycles. The van der Waals surface area contributed by atoms with Crippen LogP contribution in [0.4, 0.5) is 14.4 Å². The van der Waals surface area contributed by atoms with Gasteiger partial charge in [-0.1, -0.05) is 0 Å². The Bertz CT molecular complexity index is 498. The van der Waals surface area contributed by atoms with Crippen LogP contribution in [-0.4, -0.2) is 70.5 Å². The molecule has 0 spiro atoms. The molecule has 31 heavy (non-hydrogen) atoms. The van der Waals surface area contributed by atoms with Gasteiger partial charge in [0.1, 0.15) is 0 Å². The van der Waals surface area contributed by atoms with Gasteiger partial charge in [0.15, 0.2) is 0 Å². The summed E-state index contributed by atoms with van der Waals surface area (Å²) < 4.78 is 10.1. The molecule has 0 aromatic heterocycles. The van der Waals surface area contributed by atoms with E-state index in [1.807, 2.05) is 0 Å². The van der Waals surface area contributed by atoms with Gasteiger partial charge >= 0.3 is 89.5 Å². The first-order valence-corrected chi connectivity index (χ1v) is 10.9. The standard InChI is InChI=1S/C19H36BN4O7/c20-24-31-19(28)23-13-5-1-2-9-15-29-18(27)22-12-7-4-10-16-30-17(26)21-11-6-3-8-14-25/h25H,1-16H2,(H,21,26)(H,22,27)(H,23,28). The van der Waals surface area contributed by atoms with E-state index in [0.717, 1.165) is 64.2 Å². The molecule has 1 radical (unpaired) electrons. The molecular formula is C19H36BN4O7. The summed E-state index contributed by atoms with van der Waals surface area (Å²) in [7, 11) is 4.70. The summed E-state index contributed by atoms with van der Waals surface area (Å²) in [5, 5.41) is 19.3. The minimum absolute atomic E-state index is 0.172. The molecule has 0 saturated carbocycles. The van der Waals surface area contributed by atoms with E-state index in [1.165, 1.54) is 0 Å². The number of carbonyl (C=O) groups is 3. The summed E-state index contributed by atoms with van der Waals surface area (Å²) in [6, 6.07) is 0. The van der Waals surface area contributed by atoms with E-state index in [9.17, 15) is 14.4 Å². The number of aliphatic hydroxyl groups is 1. The van der Waals surface area contributed by atoms with Crippen molar-refractivity contribution in [1.29, 1.82) is 0 Å². The van der Waals surface area contributed by atoms with Crippen LogP contribution in [0.15, 0.2) is 5.06 Å². The summed E-state index contributed by atoms with van der Waals surface area (Å²) in [6.07, 6.45) is 6.50. The molecule has 0 heterocycles. The molecule has 0 fully saturated rings. The number of amides is 3. The van der Waals surface area contributed by atoms with Gasteiger partial charge in [-0.15, -0.1) is 0 Å². The van der Waals surface area contributed by atoms with Crippen molar-refractivity contribution in [1.82, 2.24) is 16.0 Å². The Morgan fingerprint density at radius 2 is 1.06 bits per heavy atom. The van der Waals surface area contributed by atoms with Crippen molar-refractivity contribution >= 4 is 25.9 Å². The Hall–Kier alpha value is -2.37. The SMILES string of the molecule is [B]=NOC(=O)NCCCCCCOC(=O)NCCCCCOC(=O)NCCCCCO. The van der Waals surface area contributed by atoms with E-state index in [4.69, 9.17) is 22.2 Å². The Morgan fingerprint density at radius 1 is 0.645 bits per heavy atom. The van der Waals surface area contributed by atoms with E-state index in [0.29, 0.717) is 32.8 Å². The summed E-state index contributed by atoms with van der Waals surface area (Å²) >= 11 is 0. The number of ether oxygens (including phenoxy) is 2. The molecule has 177 valence electrons. The number of hydrogen-bond donors (Lipinski definition) is 4. The van der Waals surface area contributed by atoms with Crippen molar-refractivity contribution in [2.24, 2.45) is 5.06 Å². The molecule has 0 aliphatic rings. The third-order valence-corrected chi connectivity index (χ3v) is 4.14. The van der Waals surface area contributed by atoms with Crippen LogP contribution in [0.2, 0.25) is 0 Å². The fourth-order valence-electron chi connectivity index (χ4n) is 2.48. The predicted molar refractivity (Wildman–Crippen MR) is 115 cm³/mol. The number of rotatable bonds is 19. The van der Waals surface area contributed by atoms with Crippen LogP contribution in [0.3, 0.4) is 0 Å². The number of aliphatic hydroxyl groups excluding tert-OH is 1. The molecular weight excluding hydrogens is 407 g/mol. The molecule has 0 saturated heterocycles. The van der Waals surface area contributed by atoms with Crippen molar-refractivity contribution in [3.8, 4) is 0 Å². The quantitative estimate of drug-likeness (QED) is 0.136. The minimum atomic E-state index is -0.679. The van der Waals surface area contributed by atoms with Crippen molar-refractivity contribution in [3.05, 3.63) is 0 Å². The Kier molecular flexibility index (Phi) is 20.6. The van der Waals surface area contributed by atoms with Crippen LogP contribution in [0.5, 0.6) is 0 Å². The number of alkyl carbamates (subject to hydrolysis) is 2. The Balaban J connectivity index is 3.31. The first-order valence-electron chi connectivity index (χ1n) is 10.9. The number of carbonyl (C=O) groups excluding carboxylic acids is 3. The fourth-order valence-corrected chi connectivity index (χ4v) is 2.48. The average Bonchev–Trinajstić information content (AvgIpc) is 2.75. The van der Waals surface area contributed by atoms with Gasteiger partial charge in [-0.3, -0.25) is 0 Å². The van der Waals surface area contributed by atoms with Gasteiger partial charge in [0.2, 0.25) is 0 Å². The zero-order valence-electron chi connectivity index (χ0n) is 18.2. The van der Waals surface area contributed by atoms with Gasteiger partial charge < -0.3 is 20.5 Å². The number of unbranched alkanes of at least 4 members (excludes halogenated alkanes) is 7. The van der Waals surface area contributed by atoms with Gasteiger partial charge in [0, 0.05) is 19.7 Å². The van der Waals surface area contributed by atoms with Gasteiger partial charge in [0.05, 0.1) is 6.61 Å². The molecule has 0 aliphatic heterocycles. The monoisotopic (exact) mass is 443 g/mol. The number of nitrogens with zero attached hydrogens (tertiary/aromatic N) is 1. The Morgan fingerprint density at radius 3 is 1.55 bits per heavy atom. The maximum absolute atomic E-state index is 11.6. The van der Waals surface area contributed by atoms with Crippen molar-refractivity contribution in [3.63, 3.8) is 0 Å². The van der Waals surface area contributed by atoms with E-state index < -0.39 is 18.3 Å². The smallest absolute Gasteiger partial charge is 0.450 e. The number of nitrogens with one attached hydrogen (secondary N) is 3. The molecule has 12 heteroatoms. The minimum Gasteiger partial charge on any atom is -0.450 e. The average molecular weight is 443 g/mol. The van der Waals surface area contributed by atoms with Crippen molar-refractivity contribution in [2.45, 2.75) is 64.2 Å². The zero-order chi connectivity index (χ0) is 23.0. The van der Waals surface area contributed by atoms with Crippen LogP contribution in [0.1, 0.15) is 64.2 Å². The molecule has 4 N–H and O–H groups in total. The second-order valence-electron chi connectivity index (χ2n) is 6.80. The van der Waals surface area contributed by atoms with E-state index in [1.54, 1.807) is 0 Å². The molecule has 0 aromatic carbocycles. The third-order valence-electron chi connectivity index (χ3n) is 4.14. The molecule has 0 rings (SSSR count). The first-order chi connectivity index (χ1) is 15.1. The number of hydrogen-bond acceptors (Lipinski definition) is 8.